The van der Waals surface area contributed by atoms with E-state index in [2.05, 4.69) is 5.32 Å². The Labute approximate surface area is 104 Å². The molecule has 0 aliphatic rings. The van der Waals surface area contributed by atoms with Crippen molar-refractivity contribution in [3.63, 3.8) is 0 Å². The molecule has 4 heteroatoms. The number of benzene rings is 1. The predicted molar refractivity (Wildman–Crippen MR) is 67.8 cm³/mol. The molecule has 1 heterocycles. The first-order chi connectivity index (χ1) is 8.28. The lowest BCUT2D eigenvalue weighted by atomic mass is 10.2. The van der Waals surface area contributed by atoms with Crippen LogP contribution in [0.2, 0.25) is 0 Å². The van der Waals surface area contributed by atoms with E-state index in [0.717, 1.165) is 11.1 Å². The van der Waals surface area contributed by atoms with E-state index in [4.69, 9.17) is 4.74 Å². The molecule has 2 rings (SSSR count). The Balaban J connectivity index is 2.04. The summed E-state index contributed by atoms with van der Waals surface area (Å²) in [5.74, 6) is 0.305. The number of hydrogen-bond donors (Lipinski definition) is 1. The number of halogens is 1. The highest BCUT2D eigenvalue weighted by atomic mass is 32.1. The summed E-state index contributed by atoms with van der Waals surface area (Å²) >= 11 is 1.63. The lowest BCUT2D eigenvalue weighted by Crippen LogP contribution is -2.05. The second kappa shape index (κ2) is 5.80. The molecule has 2 aromatic rings. The molecule has 0 atom stereocenters. The molecule has 0 aliphatic carbocycles. The average Bonchev–Trinajstić information content (AvgIpc) is 2.79. The van der Waals surface area contributed by atoms with Gasteiger partial charge < -0.3 is 10.1 Å². The minimum atomic E-state index is -0.266. The minimum absolute atomic E-state index is 0.266. The molecule has 0 saturated carbocycles. The summed E-state index contributed by atoms with van der Waals surface area (Å²) in [6.07, 6.45) is 0. The Hall–Kier alpha value is -1.39. The molecule has 0 spiro atoms. The van der Waals surface area contributed by atoms with E-state index >= 15 is 0 Å². The molecule has 0 fully saturated rings. The highest BCUT2D eigenvalue weighted by Crippen LogP contribution is 2.18. The fraction of sp³-hybridized carbons (Fsp3) is 0.231. The Morgan fingerprint density at radius 3 is 2.88 bits per heavy atom. The molecule has 0 radical (unpaired) electrons. The number of rotatable bonds is 5. The van der Waals surface area contributed by atoms with Crippen LogP contribution in [0.15, 0.2) is 35.0 Å². The molecule has 0 bridgehead atoms. The van der Waals surface area contributed by atoms with Gasteiger partial charge in [-0.25, -0.2) is 4.39 Å². The van der Waals surface area contributed by atoms with Crippen LogP contribution in [0.4, 0.5) is 4.39 Å². The molecular weight excluding hydrogens is 237 g/mol. The monoisotopic (exact) mass is 251 g/mol. The van der Waals surface area contributed by atoms with Gasteiger partial charge in [0.05, 0.1) is 0 Å². The third kappa shape index (κ3) is 3.54. The van der Waals surface area contributed by atoms with Crippen molar-refractivity contribution in [2.24, 2.45) is 0 Å². The maximum Gasteiger partial charge on any atom is 0.127 e. The SMILES string of the molecule is CNCc1cc(F)cc(OCc2ccsc2)c1. The standard InChI is InChI=1S/C13H14FNOS/c1-15-7-11-4-12(14)6-13(5-11)16-8-10-2-3-17-9-10/h2-6,9,15H,7-8H2,1H3. The van der Waals surface area contributed by atoms with E-state index in [1.54, 1.807) is 11.3 Å². The van der Waals surface area contributed by atoms with Crippen LogP contribution in [-0.4, -0.2) is 7.05 Å². The van der Waals surface area contributed by atoms with Crippen LogP contribution in [0.25, 0.3) is 0 Å². The van der Waals surface area contributed by atoms with Crippen LogP contribution in [0, 0.1) is 5.82 Å². The van der Waals surface area contributed by atoms with Gasteiger partial charge in [0.25, 0.3) is 0 Å². The normalized spacial score (nSPS) is 10.5. The molecule has 2 nitrogen and oxygen atoms in total. The van der Waals surface area contributed by atoms with E-state index < -0.39 is 0 Å². The summed E-state index contributed by atoms with van der Waals surface area (Å²) in [4.78, 5) is 0. The van der Waals surface area contributed by atoms with Crippen molar-refractivity contribution in [1.82, 2.24) is 5.32 Å². The lowest BCUT2D eigenvalue weighted by Gasteiger charge is -2.07. The Morgan fingerprint density at radius 1 is 1.29 bits per heavy atom. The zero-order valence-electron chi connectivity index (χ0n) is 9.57. The van der Waals surface area contributed by atoms with Gasteiger partial charge in [-0.1, -0.05) is 0 Å². The predicted octanol–water partition coefficient (Wildman–Crippen LogP) is 3.19. The van der Waals surface area contributed by atoms with Gasteiger partial charge >= 0.3 is 0 Å². The van der Waals surface area contributed by atoms with Crippen LogP contribution < -0.4 is 10.1 Å². The molecule has 0 amide bonds. The van der Waals surface area contributed by atoms with E-state index in [-0.39, 0.29) is 5.82 Å². The van der Waals surface area contributed by atoms with Crippen LogP contribution >= 0.6 is 11.3 Å². The molecule has 1 N–H and O–H groups in total. The second-order valence-corrected chi connectivity index (χ2v) is 4.53. The number of ether oxygens (including phenoxy) is 1. The van der Waals surface area contributed by atoms with E-state index in [1.807, 2.05) is 29.9 Å². The first-order valence-electron chi connectivity index (χ1n) is 5.36. The van der Waals surface area contributed by atoms with Gasteiger partial charge in [-0.15, -0.1) is 0 Å². The highest BCUT2D eigenvalue weighted by molar-refractivity contribution is 7.07. The summed E-state index contributed by atoms with van der Waals surface area (Å²) in [6, 6.07) is 6.77. The molecule has 0 aliphatic heterocycles. The maximum absolute atomic E-state index is 13.3. The Morgan fingerprint density at radius 2 is 2.18 bits per heavy atom. The van der Waals surface area contributed by atoms with E-state index in [0.29, 0.717) is 18.9 Å². The van der Waals surface area contributed by atoms with Crippen LogP contribution in [0.5, 0.6) is 5.75 Å². The number of hydrogen-bond acceptors (Lipinski definition) is 3. The van der Waals surface area contributed by atoms with Gasteiger partial charge in [0, 0.05) is 12.6 Å². The lowest BCUT2D eigenvalue weighted by molar-refractivity contribution is 0.304. The molecule has 90 valence electrons. The summed E-state index contributed by atoms with van der Waals surface area (Å²) < 4.78 is 18.9. The topological polar surface area (TPSA) is 21.3 Å². The van der Waals surface area contributed by atoms with Crippen molar-refractivity contribution >= 4 is 11.3 Å². The van der Waals surface area contributed by atoms with Gasteiger partial charge in [-0.3, -0.25) is 0 Å². The van der Waals surface area contributed by atoms with Gasteiger partial charge in [0.2, 0.25) is 0 Å². The molecule has 17 heavy (non-hydrogen) atoms. The second-order valence-electron chi connectivity index (χ2n) is 3.75. The van der Waals surface area contributed by atoms with Gasteiger partial charge in [-0.2, -0.15) is 11.3 Å². The summed E-state index contributed by atoms with van der Waals surface area (Å²) in [7, 11) is 1.83. The van der Waals surface area contributed by atoms with Crippen molar-refractivity contribution in [1.29, 1.82) is 0 Å². The molecule has 0 unspecified atom stereocenters. The first kappa shape index (κ1) is 12.1. The Kier molecular flexibility index (Phi) is 4.12. The average molecular weight is 251 g/mol. The Bertz CT molecular complexity index is 470. The van der Waals surface area contributed by atoms with Crippen molar-refractivity contribution in [2.75, 3.05) is 7.05 Å². The zero-order chi connectivity index (χ0) is 12.1. The van der Waals surface area contributed by atoms with Crippen LogP contribution in [0.1, 0.15) is 11.1 Å². The van der Waals surface area contributed by atoms with Gasteiger partial charge in [-0.05, 0) is 47.1 Å². The van der Waals surface area contributed by atoms with Gasteiger partial charge in [0.1, 0.15) is 18.2 Å². The van der Waals surface area contributed by atoms with Crippen molar-refractivity contribution < 1.29 is 9.13 Å². The number of nitrogens with one attached hydrogen (secondary N) is 1. The zero-order valence-corrected chi connectivity index (χ0v) is 10.4. The highest BCUT2D eigenvalue weighted by Gasteiger charge is 2.02. The van der Waals surface area contributed by atoms with Crippen molar-refractivity contribution in [3.8, 4) is 5.75 Å². The fourth-order valence-corrected chi connectivity index (χ4v) is 2.21. The molecule has 1 aromatic carbocycles. The molecule has 0 saturated heterocycles. The van der Waals surface area contributed by atoms with Crippen molar-refractivity contribution in [3.05, 3.63) is 52.0 Å². The third-order valence-corrected chi connectivity index (χ3v) is 3.03. The fourth-order valence-electron chi connectivity index (χ4n) is 1.55. The minimum Gasteiger partial charge on any atom is -0.489 e. The molecular formula is C13H14FNOS. The maximum atomic E-state index is 13.3. The quantitative estimate of drug-likeness (QED) is 0.881. The van der Waals surface area contributed by atoms with E-state index in [1.165, 1.54) is 12.1 Å². The largest absolute Gasteiger partial charge is 0.489 e. The smallest absolute Gasteiger partial charge is 0.127 e. The van der Waals surface area contributed by atoms with Crippen LogP contribution in [0.3, 0.4) is 0 Å². The summed E-state index contributed by atoms with van der Waals surface area (Å²) in [5, 5.41) is 7.01. The number of thiophene rings is 1. The van der Waals surface area contributed by atoms with Crippen LogP contribution in [-0.2, 0) is 13.2 Å². The first-order valence-corrected chi connectivity index (χ1v) is 6.30. The van der Waals surface area contributed by atoms with Crippen molar-refractivity contribution in [2.45, 2.75) is 13.2 Å². The summed E-state index contributed by atoms with van der Waals surface area (Å²) in [5.41, 5.74) is 1.99. The van der Waals surface area contributed by atoms with Gasteiger partial charge in [0.15, 0.2) is 0 Å². The van der Waals surface area contributed by atoms with E-state index in [9.17, 15) is 4.39 Å². The summed E-state index contributed by atoms with van der Waals surface area (Å²) in [6.45, 7) is 1.11. The third-order valence-electron chi connectivity index (χ3n) is 2.30. The molecule has 1 aromatic heterocycles.